The normalized spacial score (nSPS) is 15.9. The van der Waals surface area contributed by atoms with Gasteiger partial charge in [-0.2, -0.15) is 0 Å². The van der Waals surface area contributed by atoms with Crippen molar-refractivity contribution in [1.29, 1.82) is 0 Å². The highest BCUT2D eigenvalue weighted by atomic mass is 16.7. The number of nitrogens with one attached hydrogen (secondary N) is 1. The maximum Gasteiger partial charge on any atom is 0.232 e. The van der Waals surface area contributed by atoms with Crippen LogP contribution in [0.25, 0.3) is 0 Å². The van der Waals surface area contributed by atoms with Gasteiger partial charge in [0.25, 0.3) is 0 Å². The molecule has 0 aliphatic carbocycles. The van der Waals surface area contributed by atoms with E-state index in [0.717, 1.165) is 42.3 Å². The van der Waals surface area contributed by atoms with Crippen LogP contribution in [0.1, 0.15) is 17.5 Å². The lowest BCUT2D eigenvalue weighted by atomic mass is 10.1. The van der Waals surface area contributed by atoms with E-state index >= 15 is 0 Å². The first-order valence-corrected chi connectivity index (χ1v) is 9.87. The second-order valence-electron chi connectivity index (χ2n) is 7.28. The van der Waals surface area contributed by atoms with Gasteiger partial charge >= 0.3 is 0 Å². The van der Waals surface area contributed by atoms with Gasteiger partial charge in [0, 0.05) is 39.3 Å². The molecule has 0 atom stereocenters. The van der Waals surface area contributed by atoms with Gasteiger partial charge in [-0.3, -0.25) is 14.5 Å². The average Bonchev–Trinajstić information content (AvgIpc) is 3.21. The summed E-state index contributed by atoms with van der Waals surface area (Å²) < 4.78 is 10.8. The monoisotopic (exact) mass is 395 g/mol. The molecule has 152 valence electrons. The number of carbonyl (C=O) groups is 2. The fourth-order valence-electron chi connectivity index (χ4n) is 3.56. The molecule has 1 saturated heterocycles. The molecule has 29 heavy (non-hydrogen) atoms. The second-order valence-corrected chi connectivity index (χ2v) is 7.28. The van der Waals surface area contributed by atoms with Crippen molar-refractivity contribution < 1.29 is 19.1 Å². The lowest BCUT2D eigenvalue weighted by Gasteiger charge is -2.34. The minimum atomic E-state index is -0.235. The van der Waals surface area contributed by atoms with Crippen LogP contribution in [-0.2, 0) is 22.7 Å². The zero-order valence-corrected chi connectivity index (χ0v) is 16.3. The highest BCUT2D eigenvalue weighted by Gasteiger charge is 2.23. The summed E-state index contributed by atoms with van der Waals surface area (Å²) in [6, 6.07) is 15.7. The van der Waals surface area contributed by atoms with Crippen molar-refractivity contribution in [2.75, 3.05) is 33.0 Å². The maximum atomic E-state index is 12.4. The van der Waals surface area contributed by atoms with Crippen LogP contribution in [0.15, 0.2) is 48.5 Å². The van der Waals surface area contributed by atoms with Crippen LogP contribution in [0.5, 0.6) is 11.5 Å². The minimum Gasteiger partial charge on any atom is -0.454 e. The molecule has 0 aromatic heterocycles. The second kappa shape index (κ2) is 8.96. The van der Waals surface area contributed by atoms with Gasteiger partial charge in [0.2, 0.25) is 18.6 Å². The number of piperazine rings is 1. The predicted octanol–water partition coefficient (Wildman–Crippen LogP) is 1.77. The Hall–Kier alpha value is -3.06. The van der Waals surface area contributed by atoms with Gasteiger partial charge in [0.05, 0.1) is 0 Å². The first-order valence-electron chi connectivity index (χ1n) is 9.87. The van der Waals surface area contributed by atoms with Crippen LogP contribution in [0.4, 0.5) is 0 Å². The van der Waals surface area contributed by atoms with Crippen LogP contribution >= 0.6 is 0 Å². The Morgan fingerprint density at radius 1 is 0.897 bits per heavy atom. The molecule has 0 unspecified atom stereocenters. The van der Waals surface area contributed by atoms with E-state index in [2.05, 4.69) is 10.2 Å². The SMILES string of the molecule is O=C(CC(=O)N1CCN(Cc2ccc3c(c2)OCO3)CC1)NCc1ccccc1. The molecule has 0 spiro atoms. The van der Waals surface area contributed by atoms with Gasteiger partial charge in [-0.15, -0.1) is 0 Å². The quantitative estimate of drug-likeness (QED) is 0.755. The highest BCUT2D eigenvalue weighted by Crippen LogP contribution is 2.32. The van der Waals surface area contributed by atoms with E-state index in [4.69, 9.17) is 9.47 Å². The number of ether oxygens (including phenoxy) is 2. The smallest absolute Gasteiger partial charge is 0.232 e. The van der Waals surface area contributed by atoms with E-state index in [1.54, 1.807) is 4.90 Å². The Morgan fingerprint density at radius 3 is 2.45 bits per heavy atom. The molecule has 0 bridgehead atoms. The van der Waals surface area contributed by atoms with Crippen molar-refractivity contribution in [2.24, 2.45) is 0 Å². The van der Waals surface area contributed by atoms with E-state index in [9.17, 15) is 9.59 Å². The molecule has 2 aromatic carbocycles. The number of amides is 2. The summed E-state index contributed by atoms with van der Waals surface area (Å²) in [5.41, 5.74) is 2.18. The first-order chi connectivity index (χ1) is 14.2. The Balaban J connectivity index is 1.20. The molecule has 2 heterocycles. The summed E-state index contributed by atoms with van der Waals surface area (Å²) in [6.07, 6.45) is -0.102. The Labute approximate surface area is 170 Å². The summed E-state index contributed by atoms with van der Waals surface area (Å²) in [4.78, 5) is 28.6. The van der Waals surface area contributed by atoms with Gasteiger partial charge in [0.1, 0.15) is 6.42 Å². The molecule has 2 aromatic rings. The van der Waals surface area contributed by atoms with Gasteiger partial charge in [-0.1, -0.05) is 36.4 Å². The number of benzene rings is 2. The number of rotatable bonds is 6. The fourth-order valence-corrected chi connectivity index (χ4v) is 3.56. The molecule has 7 nitrogen and oxygen atoms in total. The van der Waals surface area contributed by atoms with Crippen LogP contribution in [0.2, 0.25) is 0 Å². The van der Waals surface area contributed by atoms with E-state index < -0.39 is 0 Å². The highest BCUT2D eigenvalue weighted by molar-refractivity contribution is 5.96. The third-order valence-electron chi connectivity index (χ3n) is 5.21. The Morgan fingerprint density at radius 2 is 1.66 bits per heavy atom. The molecule has 4 rings (SSSR count). The lowest BCUT2D eigenvalue weighted by molar-refractivity contribution is -0.137. The maximum absolute atomic E-state index is 12.4. The summed E-state index contributed by atoms with van der Waals surface area (Å²) in [7, 11) is 0. The minimum absolute atomic E-state index is 0.102. The number of nitrogens with zero attached hydrogens (tertiary/aromatic N) is 2. The van der Waals surface area contributed by atoms with Gasteiger partial charge in [0.15, 0.2) is 11.5 Å². The molecule has 7 heteroatoms. The largest absolute Gasteiger partial charge is 0.454 e. The van der Waals surface area contributed by atoms with Crippen molar-refractivity contribution in [3.05, 3.63) is 59.7 Å². The van der Waals surface area contributed by atoms with Crippen molar-refractivity contribution in [2.45, 2.75) is 19.5 Å². The average molecular weight is 395 g/mol. The molecule has 0 saturated carbocycles. The Kier molecular flexibility index (Phi) is 5.95. The van der Waals surface area contributed by atoms with Crippen molar-refractivity contribution in [3.8, 4) is 11.5 Å². The number of hydrogen-bond donors (Lipinski definition) is 1. The predicted molar refractivity (Wildman–Crippen MR) is 107 cm³/mol. The molecule has 2 amide bonds. The van der Waals surface area contributed by atoms with Crippen LogP contribution in [0.3, 0.4) is 0 Å². The number of hydrogen-bond acceptors (Lipinski definition) is 5. The summed E-state index contributed by atoms with van der Waals surface area (Å²) >= 11 is 0. The van der Waals surface area contributed by atoms with Gasteiger partial charge < -0.3 is 19.7 Å². The summed E-state index contributed by atoms with van der Waals surface area (Å²) in [5, 5.41) is 2.81. The van der Waals surface area contributed by atoms with Gasteiger partial charge in [-0.05, 0) is 23.3 Å². The molecular formula is C22H25N3O4. The standard InChI is InChI=1S/C22H25N3O4/c26-21(23-14-17-4-2-1-3-5-17)13-22(27)25-10-8-24(9-11-25)15-18-6-7-19-20(12-18)29-16-28-19/h1-7,12H,8-11,13-16H2,(H,23,26). The Bertz CT molecular complexity index is 864. The summed E-state index contributed by atoms with van der Waals surface area (Å²) in [6.45, 7) is 4.35. The summed E-state index contributed by atoms with van der Waals surface area (Å²) in [5.74, 6) is 1.23. The van der Waals surface area contributed by atoms with Crippen LogP contribution < -0.4 is 14.8 Å². The van der Waals surface area contributed by atoms with E-state index in [1.165, 1.54) is 0 Å². The topological polar surface area (TPSA) is 71.1 Å². The van der Waals surface area contributed by atoms with Crippen LogP contribution in [0, 0.1) is 0 Å². The van der Waals surface area contributed by atoms with E-state index in [1.807, 2.05) is 48.5 Å². The van der Waals surface area contributed by atoms with Gasteiger partial charge in [-0.25, -0.2) is 0 Å². The lowest BCUT2D eigenvalue weighted by Crippen LogP contribution is -2.49. The molecule has 2 aliphatic heterocycles. The van der Waals surface area contributed by atoms with Crippen molar-refractivity contribution >= 4 is 11.8 Å². The van der Waals surface area contributed by atoms with E-state index in [-0.39, 0.29) is 25.0 Å². The number of fused-ring (bicyclic) bond motifs is 1. The molecule has 2 aliphatic rings. The zero-order chi connectivity index (χ0) is 20.1. The molecular weight excluding hydrogens is 370 g/mol. The van der Waals surface area contributed by atoms with Crippen LogP contribution in [-0.4, -0.2) is 54.6 Å². The molecule has 1 fully saturated rings. The fraction of sp³-hybridized carbons (Fsp3) is 0.364. The number of carbonyl (C=O) groups excluding carboxylic acids is 2. The van der Waals surface area contributed by atoms with E-state index in [0.29, 0.717) is 19.6 Å². The zero-order valence-electron chi connectivity index (χ0n) is 16.3. The van der Waals surface area contributed by atoms with Crippen molar-refractivity contribution in [3.63, 3.8) is 0 Å². The molecule has 0 radical (unpaired) electrons. The first kappa shape index (κ1) is 19.3. The third-order valence-corrected chi connectivity index (χ3v) is 5.21. The third kappa shape index (κ3) is 5.06. The van der Waals surface area contributed by atoms with Crippen molar-refractivity contribution in [1.82, 2.24) is 15.1 Å². The molecule has 1 N–H and O–H groups in total.